The van der Waals surface area contributed by atoms with E-state index < -0.39 is 0 Å². The Morgan fingerprint density at radius 3 is 2.67 bits per heavy atom. The molecule has 0 fully saturated rings. The second kappa shape index (κ2) is 5.70. The van der Waals surface area contributed by atoms with Gasteiger partial charge in [0.05, 0.1) is 7.11 Å². The molecule has 2 nitrogen and oxygen atoms in total. The number of hydrogen-bond donors (Lipinski definition) is 0. The van der Waals surface area contributed by atoms with Gasteiger partial charge in [0.1, 0.15) is 3.92 Å². The third-order valence-corrected chi connectivity index (χ3v) is 2.57. The molecule has 0 amide bonds. The van der Waals surface area contributed by atoms with E-state index in [0.29, 0.717) is 0 Å². The third kappa shape index (κ3) is 4.35. The highest BCUT2D eigenvalue weighted by Crippen LogP contribution is 2.08. The average molecular weight is 354 g/mol. The highest BCUT2D eigenvalue weighted by Gasteiger charge is 2.12. The quantitative estimate of drug-likeness (QED) is 0.439. The summed E-state index contributed by atoms with van der Waals surface area (Å²) < 4.78 is 5.55. The van der Waals surface area contributed by atoms with Crippen molar-refractivity contribution in [3.63, 3.8) is 0 Å². The van der Waals surface area contributed by atoms with Gasteiger partial charge < -0.3 is 4.74 Å². The van der Waals surface area contributed by atoms with Crippen LogP contribution in [0.25, 0.3) is 0 Å². The molecule has 0 rings (SSSR count). The van der Waals surface area contributed by atoms with Crippen molar-refractivity contribution in [2.24, 2.45) is 0 Å². The molecule has 0 aromatic rings. The highest BCUT2D eigenvalue weighted by molar-refractivity contribution is 14.1. The van der Waals surface area contributed by atoms with Gasteiger partial charge in [-0.1, -0.05) is 45.2 Å². The van der Waals surface area contributed by atoms with Crippen LogP contribution in [-0.2, 0) is 9.53 Å². The topological polar surface area (TPSA) is 26.3 Å². The smallest absolute Gasteiger partial charge is 0.318 e. The van der Waals surface area contributed by atoms with Gasteiger partial charge in [-0.3, -0.25) is 4.79 Å². The van der Waals surface area contributed by atoms with E-state index in [9.17, 15) is 4.79 Å². The second-order valence-electron chi connectivity index (χ2n) is 1.47. The molecule has 0 aromatic heterocycles. The van der Waals surface area contributed by atoms with Crippen LogP contribution < -0.4 is 0 Å². The molecule has 54 valence electrons. The first kappa shape index (κ1) is 9.93. The molecule has 0 radical (unpaired) electrons. The predicted octanol–water partition coefficient (Wildman–Crippen LogP) is 1.79. The van der Waals surface area contributed by atoms with E-state index in [4.69, 9.17) is 0 Å². The molecule has 0 spiro atoms. The van der Waals surface area contributed by atoms with Crippen molar-refractivity contribution in [2.45, 2.75) is 10.3 Å². The molecule has 0 aromatic carbocycles. The van der Waals surface area contributed by atoms with Crippen molar-refractivity contribution in [1.29, 1.82) is 0 Å². The van der Waals surface area contributed by atoms with Gasteiger partial charge in [-0.15, -0.1) is 0 Å². The van der Waals surface area contributed by atoms with Crippen LogP contribution in [0.3, 0.4) is 0 Å². The molecule has 9 heavy (non-hydrogen) atoms. The first-order valence-corrected chi connectivity index (χ1v) is 5.27. The van der Waals surface area contributed by atoms with Gasteiger partial charge in [0, 0.05) is 4.43 Å². The van der Waals surface area contributed by atoms with E-state index in [-0.39, 0.29) is 9.89 Å². The van der Waals surface area contributed by atoms with Gasteiger partial charge in [0.15, 0.2) is 0 Å². The molecule has 1 atom stereocenters. The predicted molar refractivity (Wildman–Crippen MR) is 53.3 cm³/mol. The molecule has 0 aliphatic heterocycles. The summed E-state index contributed by atoms with van der Waals surface area (Å²) in [7, 11) is 1.42. The van der Waals surface area contributed by atoms with Crippen LogP contribution in [0.2, 0.25) is 0 Å². The number of carbonyl (C=O) groups excluding carboxylic acids is 1. The lowest BCUT2D eigenvalue weighted by Gasteiger charge is -2.02. The highest BCUT2D eigenvalue weighted by atomic mass is 127. The average Bonchev–Trinajstić information content (AvgIpc) is 1.87. The standard InChI is InChI=1S/C5H8I2O2/c1-9-5(8)4(7)2-3-6/h4H,2-3H2,1H3. The largest absolute Gasteiger partial charge is 0.468 e. The summed E-state index contributed by atoms with van der Waals surface area (Å²) in [5.41, 5.74) is 0. The maximum absolute atomic E-state index is 10.7. The maximum Gasteiger partial charge on any atom is 0.318 e. The molecule has 0 saturated carbocycles. The Bertz CT molecular complexity index is 95.0. The number of alkyl halides is 2. The van der Waals surface area contributed by atoms with Crippen molar-refractivity contribution in [3.8, 4) is 0 Å². The number of esters is 1. The van der Waals surface area contributed by atoms with Crippen LogP contribution >= 0.6 is 45.2 Å². The summed E-state index contributed by atoms with van der Waals surface area (Å²) in [5, 5.41) is 0. The third-order valence-electron chi connectivity index (χ3n) is 0.819. The molecule has 0 bridgehead atoms. The molecule has 1 unspecified atom stereocenters. The summed E-state index contributed by atoms with van der Waals surface area (Å²) in [4.78, 5) is 10.7. The summed E-state index contributed by atoms with van der Waals surface area (Å²) >= 11 is 4.33. The molecule has 0 saturated heterocycles. The molecule has 4 heteroatoms. The molecular weight excluding hydrogens is 346 g/mol. The Hall–Kier alpha value is 0.930. The van der Waals surface area contributed by atoms with E-state index in [0.717, 1.165) is 10.8 Å². The normalized spacial score (nSPS) is 12.8. The lowest BCUT2D eigenvalue weighted by atomic mass is 10.3. The number of halogens is 2. The lowest BCUT2D eigenvalue weighted by Crippen LogP contribution is -2.15. The summed E-state index contributed by atoms with van der Waals surface area (Å²) in [5.74, 6) is -0.118. The Morgan fingerprint density at radius 1 is 1.78 bits per heavy atom. The fraction of sp³-hybridized carbons (Fsp3) is 0.800. The molecule has 0 heterocycles. The van der Waals surface area contributed by atoms with E-state index in [1.165, 1.54) is 7.11 Å². The zero-order valence-electron chi connectivity index (χ0n) is 5.06. The first-order valence-electron chi connectivity index (χ1n) is 2.50. The minimum atomic E-state index is -0.118. The summed E-state index contributed by atoms with van der Waals surface area (Å²) in [6.45, 7) is 0. The second-order valence-corrected chi connectivity index (χ2v) is 4.05. The number of ether oxygens (including phenoxy) is 1. The number of rotatable bonds is 3. The lowest BCUT2D eigenvalue weighted by molar-refractivity contribution is -0.139. The van der Waals surface area contributed by atoms with E-state index >= 15 is 0 Å². The fourth-order valence-electron chi connectivity index (χ4n) is 0.342. The minimum absolute atomic E-state index is 0.0319. The van der Waals surface area contributed by atoms with Gasteiger partial charge in [0.25, 0.3) is 0 Å². The van der Waals surface area contributed by atoms with Crippen molar-refractivity contribution < 1.29 is 9.53 Å². The summed E-state index contributed by atoms with van der Waals surface area (Å²) in [6, 6.07) is 0. The van der Waals surface area contributed by atoms with Crippen molar-refractivity contribution in [2.75, 3.05) is 11.5 Å². The number of methoxy groups -OCH3 is 1. The zero-order chi connectivity index (χ0) is 7.28. The Balaban J connectivity index is 3.45. The Labute approximate surface area is 82.0 Å². The van der Waals surface area contributed by atoms with Crippen LogP contribution in [0.15, 0.2) is 0 Å². The van der Waals surface area contributed by atoms with Crippen molar-refractivity contribution in [1.82, 2.24) is 0 Å². The van der Waals surface area contributed by atoms with E-state index in [1.54, 1.807) is 0 Å². The molecule has 0 N–H and O–H groups in total. The van der Waals surface area contributed by atoms with Gasteiger partial charge >= 0.3 is 5.97 Å². The van der Waals surface area contributed by atoms with Gasteiger partial charge in [-0.25, -0.2) is 0 Å². The monoisotopic (exact) mass is 354 g/mol. The van der Waals surface area contributed by atoms with E-state index in [2.05, 4.69) is 49.9 Å². The van der Waals surface area contributed by atoms with Gasteiger partial charge in [-0.05, 0) is 6.42 Å². The van der Waals surface area contributed by atoms with Gasteiger partial charge in [-0.2, -0.15) is 0 Å². The SMILES string of the molecule is COC(=O)C(I)CCI. The van der Waals surface area contributed by atoms with Gasteiger partial charge in [0.2, 0.25) is 0 Å². The van der Waals surface area contributed by atoms with E-state index in [1.807, 2.05) is 0 Å². The maximum atomic E-state index is 10.7. The Morgan fingerprint density at radius 2 is 2.33 bits per heavy atom. The minimum Gasteiger partial charge on any atom is -0.468 e. The van der Waals surface area contributed by atoms with Crippen LogP contribution in [0.5, 0.6) is 0 Å². The summed E-state index contributed by atoms with van der Waals surface area (Å²) in [6.07, 6.45) is 0.897. The van der Waals surface area contributed by atoms with Crippen molar-refractivity contribution in [3.05, 3.63) is 0 Å². The fourth-order valence-corrected chi connectivity index (χ4v) is 2.72. The van der Waals surface area contributed by atoms with Crippen molar-refractivity contribution >= 4 is 51.2 Å². The number of hydrogen-bond acceptors (Lipinski definition) is 2. The molecule has 0 aliphatic carbocycles. The first-order chi connectivity index (χ1) is 4.22. The van der Waals surface area contributed by atoms with Crippen LogP contribution in [0, 0.1) is 0 Å². The molecule has 0 aliphatic rings. The Kier molecular flexibility index (Phi) is 6.28. The van der Waals surface area contributed by atoms with Crippen LogP contribution in [0.1, 0.15) is 6.42 Å². The zero-order valence-corrected chi connectivity index (χ0v) is 9.38. The number of carbonyl (C=O) groups is 1. The van der Waals surface area contributed by atoms with Crippen LogP contribution in [0.4, 0.5) is 0 Å². The van der Waals surface area contributed by atoms with Crippen LogP contribution in [-0.4, -0.2) is 21.4 Å². The molecular formula is C5H8I2O2.